The largest absolute Gasteiger partial charge is 0.489 e. The summed E-state index contributed by atoms with van der Waals surface area (Å²) < 4.78 is 5.76. The molecule has 4 aromatic rings. The summed E-state index contributed by atoms with van der Waals surface area (Å²) in [7, 11) is 0. The van der Waals surface area contributed by atoms with E-state index in [0.717, 1.165) is 21.9 Å². The molecule has 0 atom stereocenters. The summed E-state index contributed by atoms with van der Waals surface area (Å²) in [5, 5.41) is 7.16. The van der Waals surface area contributed by atoms with Crippen LogP contribution in [0.25, 0.3) is 10.8 Å². The summed E-state index contributed by atoms with van der Waals surface area (Å²) in [5.74, 6) is 0.451. The lowest BCUT2D eigenvalue weighted by Gasteiger charge is -2.07. The number of nitrogens with zero attached hydrogens (tertiary/aromatic N) is 1. The van der Waals surface area contributed by atoms with Crippen LogP contribution in [0.3, 0.4) is 0 Å². The molecule has 0 saturated heterocycles. The second kappa shape index (κ2) is 9.65. The number of fused-ring (bicyclic) bond motifs is 1. The van der Waals surface area contributed by atoms with E-state index in [1.165, 1.54) is 0 Å². The Morgan fingerprint density at radius 3 is 2.42 bits per heavy atom. The van der Waals surface area contributed by atoms with Crippen molar-refractivity contribution in [3.8, 4) is 5.75 Å². The minimum Gasteiger partial charge on any atom is -0.489 e. The van der Waals surface area contributed by atoms with E-state index in [2.05, 4.69) is 10.5 Å². The Balaban J connectivity index is 1.32. The van der Waals surface area contributed by atoms with E-state index in [4.69, 9.17) is 27.9 Å². The van der Waals surface area contributed by atoms with E-state index in [1.54, 1.807) is 24.4 Å². The van der Waals surface area contributed by atoms with Crippen LogP contribution in [0.5, 0.6) is 5.75 Å². The molecule has 6 heteroatoms. The Hall–Kier alpha value is -3.34. The predicted octanol–water partition coefficient (Wildman–Crippen LogP) is 6.49. The minimum absolute atomic E-state index is 0.261. The molecule has 0 aliphatic carbocycles. The molecule has 0 fully saturated rings. The zero-order valence-corrected chi connectivity index (χ0v) is 17.9. The first kappa shape index (κ1) is 20.9. The van der Waals surface area contributed by atoms with E-state index in [0.29, 0.717) is 28.0 Å². The summed E-state index contributed by atoms with van der Waals surface area (Å²) in [4.78, 5) is 12.3. The summed E-state index contributed by atoms with van der Waals surface area (Å²) in [6.45, 7) is 0.381. The van der Waals surface area contributed by atoms with Gasteiger partial charge in [0.25, 0.3) is 5.91 Å². The number of hydrogen-bond donors (Lipinski definition) is 1. The third kappa shape index (κ3) is 5.43. The average Bonchev–Trinajstić information content (AvgIpc) is 2.80. The quantitative estimate of drug-likeness (QED) is 0.270. The fourth-order valence-corrected chi connectivity index (χ4v) is 3.33. The number of hydrazone groups is 1. The first-order valence-electron chi connectivity index (χ1n) is 9.57. The van der Waals surface area contributed by atoms with Gasteiger partial charge in [-0.1, -0.05) is 59.6 Å². The van der Waals surface area contributed by atoms with Crippen molar-refractivity contribution in [1.29, 1.82) is 0 Å². The smallest absolute Gasteiger partial charge is 0.271 e. The number of benzene rings is 4. The SMILES string of the molecule is O=C(N/N=C\c1ccc(OCc2ccc(Cl)c(Cl)c2)cc1)c1ccc2ccccc2c1. The first-order valence-corrected chi connectivity index (χ1v) is 10.3. The average molecular weight is 449 g/mol. The second-order valence-electron chi connectivity index (χ2n) is 6.87. The molecule has 1 N–H and O–H groups in total. The Morgan fingerprint density at radius 1 is 0.871 bits per heavy atom. The molecule has 154 valence electrons. The highest BCUT2D eigenvalue weighted by molar-refractivity contribution is 6.42. The van der Waals surface area contributed by atoms with E-state index in [1.807, 2.05) is 66.7 Å². The third-order valence-electron chi connectivity index (χ3n) is 4.66. The van der Waals surface area contributed by atoms with Crippen molar-refractivity contribution >= 4 is 46.1 Å². The molecule has 0 aliphatic heterocycles. The summed E-state index contributed by atoms with van der Waals surface area (Å²) in [6, 6.07) is 26.2. The van der Waals surface area contributed by atoms with Gasteiger partial charge in [0.2, 0.25) is 0 Å². The van der Waals surface area contributed by atoms with E-state index in [-0.39, 0.29) is 5.91 Å². The molecule has 0 unspecified atom stereocenters. The van der Waals surface area contributed by atoms with Gasteiger partial charge in [0.1, 0.15) is 12.4 Å². The summed E-state index contributed by atoms with van der Waals surface area (Å²) in [6.07, 6.45) is 1.59. The molecular weight excluding hydrogens is 431 g/mol. The number of ether oxygens (including phenoxy) is 1. The molecule has 0 aliphatic rings. The molecule has 0 aromatic heterocycles. The van der Waals surface area contributed by atoms with Crippen LogP contribution < -0.4 is 10.2 Å². The number of rotatable bonds is 6. The van der Waals surface area contributed by atoms with E-state index < -0.39 is 0 Å². The topological polar surface area (TPSA) is 50.7 Å². The normalized spacial score (nSPS) is 11.0. The van der Waals surface area contributed by atoms with Crippen LogP contribution in [-0.2, 0) is 6.61 Å². The van der Waals surface area contributed by atoms with Crippen molar-refractivity contribution in [2.45, 2.75) is 6.61 Å². The molecule has 4 nitrogen and oxygen atoms in total. The van der Waals surface area contributed by atoms with Gasteiger partial charge in [0.15, 0.2) is 0 Å². The molecule has 31 heavy (non-hydrogen) atoms. The van der Waals surface area contributed by atoms with Crippen LogP contribution in [0.4, 0.5) is 0 Å². The van der Waals surface area contributed by atoms with Gasteiger partial charge >= 0.3 is 0 Å². The zero-order chi connectivity index (χ0) is 21.6. The van der Waals surface area contributed by atoms with Crippen molar-refractivity contribution in [2.75, 3.05) is 0 Å². The molecule has 0 heterocycles. The number of carbonyl (C=O) groups excluding carboxylic acids is 1. The Bertz CT molecular complexity index is 1250. The standard InChI is InChI=1S/C25H18Cl2N2O2/c26-23-12-7-18(13-24(23)27)16-31-22-10-5-17(6-11-22)15-28-29-25(30)21-9-8-19-3-1-2-4-20(19)14-21/h1-15H,16H2,(H,29,30)/b28-15-. The van der Waals surface area contributed by atoms with Gasteiger partial charge in [-0.2, -0.15) is 5.10 Å². The number of halogens is 2. The summed E-state index contributed by atoms with van der Waals surface area (Å²) in [5.41, 5.74) is 4.88. The molecule has 0 bridgehead atoms. The van der Waals surface area contributed by atoms with Gasteiger partial charge < -0.3 is 4.74 Å². The van der Waals surface area contributed by atoms with Crippen LogP contribution >= 0.6 is 23.2 Å². The van der Waals surface area contributed by atoms with Crippen LogP contribution in [0.1, 0.15) is 21.5 Å². The molecule has 0 saturated carbocycles. The van der Waals surface area contributed by atoms with Crippen molar-refractivity contribution in [3.63, 3.8) is 0 Å². The molecule has 1 amide bonds. The van der Waals surface area contributed by atoms with Gasteiger partial charge in [0, 0.05) is 5.56 Å². The van der Waals surface area contributed by atoms with Crippen molar-refractivity contribution in [1.82, 2.24) is 5.43 Å². The summed E-state index contributed by atoms with van der Waals surface area (Å²) >= 11 is 11.9. The maximum absolute atomic E-state index is 12.3. The highest BCUT2D eigenvalue weighted by Crippen LogP contribution is 2.23. The zero-order valence-electron chi connectivity index (χ0n) is 16.4. The maximum atomic E-state index is 12.3. The number of nitrogens with one attached hydrogen (secondary N) is 1. The third-order valence-corrected chi connectivity index (χ3v) is 5.40. The molecule has 4 rings (SSSR count). The van der Waals surface area contributed by atoms with E-state index in [9.17, 15) is 4.79 Å². The van der Waals surface area contributed by atoms with Crippen molar-refractivity contribution < 1.29 is 9.53 Å². The lowest BCUT2D eigenvalue weighted by atomic mass is 10.1. The highest BCUT2D eigenvalue weighted by Gasteiger charge is 2.05. The first-order chi connectivity index (χ1) is 15.1. The molecular formula is C25H18Cl2N2O2. The number of amides is 1. The van der Waals surface area contributed by atoms with Gasteiger partial charge in [-0.3, -0.25) is 4.79 Å². The van der Waals surface area contributed by atoms with Crippen LogP contribution in [0, 0.1) is 0 Å². The van der Waals surface area contributed by atoms with Crippen LogP contribution in [0.2, 0.25) is 10.0 Å². The van der Waals surface area contributed by atoms with Crippen LogP contribution in [-0.4, -0.2) is 12.1 Å². The number of carbonyl (C=O) groups is 1. The van der Waals surface area contributed by atoms with E-state index >= 15 is 0 Å². The minimum atomic E-state index is -0.261. The van der Waals surface area contributed by atoms with Crippen molar-refractivity contribution in [3.05, 3.63) is 112 Å². The molecule has 0 spiro atoms. The fraction of sp³-hybridized carbons (Fsp3) is 0.0400. The lowest BCUT2D eigenvalue weighted by molar-refractivity contribution is 0.0955. The Kier molecular flexibility index (Phi) is 6.51. The molecule has 0 radical (unpaired) electrons. The fourth-order valence-electron chi connectivity index (χ4n) is 3.01. The second-order valence-corrected chi connectivity index (χ2v) is 7.68. The Morgan fingerprint density at radius 2 is 1.65 bits per heavy atom. The monoisotopic (exact) mass is 448 g/mol. The van der Waals surface area contributed by atoms with Gasteiger partial charge in [-0.05, 0) is 70.4 Å². The highest BCUT2D eigenvalue weighted by atomic mass is 35.5. The number of hydrogen-bond acceptors (Lipinski definition) is 3. The van der Waals surface area contributed by atoms with Gasteiger partial charge in [0.05, 0.1) is 16.3 Å². The predicted molar refractivity (Wildman–Crippen MR) is 126 cm³/mol. The lowest BCUT2D eigenvalue weighted by Crippen LogP contribution is -2.17. The van der Waals surface area contributed by atoms with Crippen LogP contribution in [0.15, 0.2) is 90.0 Å². The Labute approximate surface area is 190 Å². The van der Waals surface area contributed by atoms with Gasteiger partial charge in [-0.15, -0.1) is 0 Å². The van der Waals surface area contributed by atoms with Gasteiger partial charge in [-0.25, -0.2) is 5.43 Å². The maximum Gasteiger partial charge on any atom is 0.271 e. The van der Waals surface area contributed by atoms with Crippen molar-refractivity contribution in [2.24, 2.45) is 5.10 Å². The molecule has 4 aromatic carbocycles.